The first-order chi connectivity index (χ1) is 12.4. The van der Waals surface area contributed by atoms with E-state index in [0.29, 0.717) is 31.0 Å². The molecule has 1 fully saturated rings. The molecule has 5 nitrogen and oxygen atoms in total. The van der Waals surface area contributed by atoms with Crippen LogP contribution >= 0.6 is 12.4 Å². The van der Waals surface area contributed by atoms with Crippen LogP contribution in [0.4, 0.5) is 8.78 Å². The van der Waals surface area contributed by atoms with Crippen molar-refractivity contribution in [1.29, 1.82) is 0 Å². The first-order valence-corrected chi connectivity index (χ1v) is 8.97. The quantitative estimate of drug-likeness (QED) is 0.867. The normalized spacial score (nSPS) is 21.3. The minimum absolute atomic E-state index is 0. The molecule has 1 unspecified atom stereocenters. The van der Waals surface area contributed by atoms with E-state index in [4.69, 9.17) is 5.73 Å². The minimum atomic E-state index is -0.920. The lowest BCUT2D eigenvalue weighted by molar-refractivity contribution is 0.0769. The highest BCUT2D eigenvalue weighted by Crippen LogP contribution is 2.33. The molecule has 1 aliphatic carbocycles. The zero-order valence-corrected chi connectivity index (χ0v) is 16.0. The molecule has 0 bridgehead atoms. The van der Waals surface area contributed by atoms with Crippen molar-refractivity contribution in [3.05, 3.63) is 46.8 Å². The van der Waals surface area contributed by atoms with Crippen LogP contribution in [0.2, 0.25) is 0 Å². The number of benzene rings is 1. The summed E-state index contributed by atoms with van der Waals surface area (Å²) in [5, 5.41) is 4.50. The molecule has 1 aliphatic heterocycles. The van der Waals surface area contributed by atoms with Gasteiger partial charge in [-0.2, -0.15) is 5.10 Å². The molecule has 0 radical (unpaired) electrons. The number of nitrogens with two attached hydrogens (primary N) is 1. The molecule has 2 aliphatic rings. The third kappa shape index (κ3) is 3.34. The summed E-state index contributed by atoms with van der Waals surface area (Å²) in [5.74, 6) is -1.91. The maximum atomic E-state index is 13.6. The van der Waals surface area contributed by atoms with Crippen molar-refractivity contribution in [3.8, 4) is 5.69 Å². The molecule has 8 heteroatoms. The summed E-state index contributed by atoms with van der Waals surface area (Å²) < 4.78 is 28.5. The summed E-state index contributed by atoms with van der Waals surface area (Å²) in [4.78, 5) is 14.9. The number of carbonyl (C=O) groups is 1. The van der Waals surface area contributed by atoms with E-state index in [0.717, 1.165) is 49.1 Å². The van der Waals surface area contributed by atoms with E-state index in [1.54, 1.807) is 4.68 Å². The number of fused-ring (bicyclic) bond motifs is 1. The van der Waals surface area contributed by atoms with Crippen LogP contribution in [0.5, 0.6) is 0 Å². The number of rotatable bonds is 3. The molecule has 4 rings (SSSR count). The Kier molecular flexibility index (Phi) is 5.27. The second-order valence-corrected chi connectivity index (χ2v) is 7.63. The first-order valence-electron chi connectivity index (χ1n) is 8.97. The summed E-state index contributed by atoms with van der Waals surface area (Å²) in [6, 6.07) is 3.69. The lowest BCUT2D eigenvalue weighted by Gasteiger charge is -2.22. The van der Waals surface area contributed by atoms with Crippen LogP contribution in [-0.4, -0.2) is 40.2 Å². The van der Waals surface area contributed by atoms with Crippen molar-refractivity contribution in [2.45, 2.75) is 32.6 Å². The Morgan fingerprint density at radius 1 is 1.30 bits per heavy atom. The van der Waals surface area contributed by atoms with Gasteiger partial charge in [0.2, 0.25) is 0 Å². The zero-order chi connectivity index (χ0) is 18.5. The second-order valence-electron chi connectivity index (χ2n) is 7.63. The molecule has 2 heterocycles. The number of likely N-dealkylation sites (tertiary alicyclic amines) is 1. The SMILES string of the molecule is CC1(CN)CCN(C(=O)c2nn(-c3ccc(F)c(F)c3)c3c2CCC3)C1.Cl. The maximum Gasteiger partial charge on any atom is 0.274 e. The van der Waals surface area contributed by atoms with Gasteiger partial charge >= 0.3 is 0 Å². The Morgan fingerprint density at radius 2 is 2.07 bits per heavy atom. The van der Waals surface area contributed by atoms with Gasteiger partial charge in [-0.25, -0.2) is 13.5 Å². The Hall–Kier alpha value is -1.99. The van der Waals surface area contributed by atoms with E-state index in [1.165, 1.54) is 6.07 Å². The van der Waals surface area contributed by atoms with Gasteiger partial charge in [0.1, 0.15) is 0 Å². The lowest BCUT2D eigenvalue weighted by atomic mass is 9.90. The number of nitrogens with zero attached hydrogens (tertiary/aromatic N) is 3. The Balaban J connectivity index is 0.00000210. The predicted molar refractivity (Wildman–Crippen MR) is 100 cm³/mol. The molecule has 146 valence electrons. The summed E-state index contributed by atoms with van der Waals surface area (Å²) in [6.07, 6.45) is 3.36. The molecule has 1 amide bonds. The summed E-state index contributed by atoms with van der Waals surface area (Å²) in [6.45, 7) is 3.91. The van der Waals surface area contributed by atoms with E-state index in [9.17, 15) is 13.6 Å². The number of carbonyl (C=O) groups excluding carboxylic acids is 1. The number of halogens is 3. The predicted octanol–water partition coefficient (Wildman–Crippen LogP) is 2.87. The highest BCUT2D eigenvalue weighted by atomic mass is 35.5. The molecule has 1 atom stereocenters. The molecule has 1 aromatic heterocycles. The summed E-state index contributed by atoms with van der Waals surface area (Å²) >= 11 is 0. The van der Waals surface area contributed by atoms with E-state index in [2.05, 4.69) is 12.0 Å². The van der Waals surface area contributed by atoms with Gasteiger partial charge < -0.3 is 10.6 Å². The first kappa shape index (κ1) is 19.8. The molecule has 27 heavy (non-hydrogen) atoms. The monoisotopic (exact) mass is 396 g/mol. The van der Waals surface area contributed by atoms with Crippen LogP contribution in [0, 0.1) is 17.0 Å². The second kappa shape index (κ2) is 7.20. The fraction of sp³-hybridized carbons (Fsp3) is 0.474. The number of amides is 1. The molecule has 2 N–H and O–H groups in total. The Labute approximate surface area is 162 Å². The van der Waals surface area contributed by atoms with Gasteiger partial charge in [0.25, 0.3) is 5.91 Å². The molecule has 1 aromatic carbocycles. The van der Waals surface area contributed by atoms with Crippen LogP contribution in [0.15, 0.2) is 18.2 Å². The number of aromatic nitrogens is 2. The Bertz CT molecular complexity index is 885. The molecular formula is C19H23ClF2N4O. The maximum absolute atomic E-state index is 13.6. The molecule has 0 spiro atoms. The van der Waals surface area contributed by atoms with Gasteiger partial charge in [-0.1, -0.05) is 6.92 Å². The minimum Gasteiger partial charge on any atom is -0.337 e. The molecular weight excluding hydrogens is 374 g/mol. The topological polar surface area (TPSA) is 64.2 Å². The molecule has 1 saturated heterocycles. The lowest BCUT2D eigenvalue weighted by Crippen LogP contribution is -2.35. The smallest absolute Gasteiger partial charge is 0.274 e. The standard InChI is InChI=1S/C19H22F2N4O.ClH/c1-19(10-22)7-8-24(11-19)18(26)17-13-3-2-4-16(13)25(23-17)12-5-6-14(20)15(21)9-12;/h5-6,9H,2-4,7-8,10-11,22H2,1H3;1H. The number of hydrogen-bond donors (Lipinski definition) is 1. The van der Waals surface area contributed by atoms with Crippen LogP contribution in [0.1, 0.15) is 41.5 Å². The third-order valence-electron chi connectivity index (χ3n) is 5.62. The zero-order valence-electron chi connectivity index (χ0n) is 15.2. The fourth-order valence-electron chi connectivity index (χ4n) is 3.95. The number of hydrogen-bond acceptors (Lipinski definition) is 3. The van der Waals surface area contributed by atoms with Crippen molar-refractivity contribution in [1.82, 2.24) is 14.7 Å². The van der Waals surface area contributed by atoms with Crippen LogP contribution < -0.4 is 5.73 Å². The van der Waals surface area contributed by atoms with Gasteiger partial charge in [0, 0.05) is 30.4 Å². The molecule has 0 saturated carbocycles. The van der Waals surface area contributed by atoms with E-state index < -0.39 is 11.6 Å². The fourth-order valence-corrected chi connectivity index (χ4v) is 3.95. The summed E-state index contributed by atoms with van der Waals surface area (Å²) in [5.41, 5.74) is 8.51. The van der Waals surface area contributed by atoms with Crippen molar-refractivity contribution in [3.63, 3.8) is 0 Å². The van der Waals surface area contributed by atoms with Crippen LogP contribution in [-0.2, 0) is 12.8 Å². The largest absolute Gasteiger partial charge is 0.337 e. The van der Waals surface area contributed by atoms with Crippen molar-refractivity contribution >= 4 is 18.3 Å². The van der Waals surface area contributed by atoms with Gasteiger partial charge in [-0.3, -0.25) is 4.79 Å². The average molecular weight is 397 g/mol. The third-order valence-corrected chi connectivity index (χ3v) is 5.62. The van der Waals surface area contributed by atoms with E-state index >= 15 is 0 Å². The van der Waals surface area contributed by atoms with Crippen molar-refractivity contribution in [2.75, 3.05) is 19.6 Å². The van der Waals surface area contributed by atoms with Crippen LogP contribution in [0.3, 0.4) is 0 Å². The Morgan fingerprint density at radius 3 is 2.74 bits per heavy atom. The van der Waals surface area contributed by atoms with Gasteiger partial charge in [-0.15, -0.1) is 12.4 Å². The highest BCUT2D eigenvalue weighted by molar-refractivity contribution is 5.94. The van der Waals surface area contributed by atoms with Crippen molar-refractivity contribution < 1.29 is 13.6 Å². The van der Waals surface area contributed by atoms with Gasteiger partial charge in [-0.05, 0) is 49.8 Å². The van der Waals surface area contributed by atoms with Gasteiger partial charge in [0.15, 0.2) is 17.3 Å². The van der Waals surface area contributed by atoms with E-state index in [-0.39, 0.29) is 23.7 Å². The van der Waals surface area contributed by atoms with Crippen molar-refractivity contribution in [2.24, 2.45) is 11.1 Å². The van der Waals surface area contributed by atoms with Crippen LogP contribution in [0.25, 0.3) is 5.69 Å². The average Bonchev–Trinajstić information content (AvgIpc) is 3.32. The highest BCUT2D eigenvalue weighted by Gasteiger charge is 2.38. The summed E-state index contributed by atoms with van der Waals surface area (Å²) in [7, 11) is 0. The molecule has 2 aromatic rings. The van der Waals surface area contributed by atoms with Gasteiger partial charge in [0.05, 0.1) is 5.69 Å². The van der Waals surface area contributed by atoms with E-state index in [1.807, 2.05) is 4.90 Å².